The zero-order valence-corrected chi connectivity index (χ0v) is 16.0. The molecule has 0 saturated carbocycles. The number of benzene rings is 1. The summed E-state index contributed by atoms with van der Waals surface area (Å²) >= 11 is 0. The van der Waals surface area contributed by atoms with Gasteiger partial charge in [-0.25, -0.2) is 4.39 Å². The summed E-state index contributed by atoms with van der Waals surface area (Å²) in [7, 11) is 0. The van der Waals surface area contributed by atoms with E-state index in [2.05, 4.69) is 25.8 Å². The van der Waals surface area contributed by atoms with Crippen molar-refractivity contribution in [2.75, 3.05) is 59.0 Å². The predicted molar refractivity (Wildman–Crippen MR) is 104 cm³/mol. The van der Waals surface area contributed by atoms with Crippen molar-refractivity contribution in [2.24, 2.45) is 4.99 Å². The fourth-order valence-electron chi connectivity index (χ4n) is 2.75. The Hall–Kier alpha value is -2.19. The Morgan fingerprint density at radius 3 is 2.74 bits per heavy atom. The summed E-state index contributed by atoms with van der Waals surface area (Å²) in [5.74, 6) is 0.285. The van der Waals surface area contributed by atoms with Gasteiger partial charge in [-0.2, -0.15) is 0 Å². The van der Waals surface area contributed by atoms with Crippen LogP contribution in [-0.4, -0.2) is 75.8 Å². The topological polar surface area (TPSA) is 78.0 Å². The van der Waals surface area contributed by atoms with Crippen molar-refractivity contribution in [3.8, 4) is 0 Å². The minimum atomic E-state index is -0.328. The molecular weight excluding hydrogens is 349 g/mol. The minimum Gasteiger partial charge on any atom is -0.379 e. The number of nitrogens with zero attached hydrogens (tertiary/aromatic N) is 2. The number of nitrogens with one attached hydrogen (secondary N) is 3. The summed E-state index contributed by atoms with van der Waals surface area (Å²) in [6.07, 6.45) is 0.172. The number of hydrogen-bond acceptors (Lipinski definition) is 4. The van der Waals surface area contributed by atoms with E-state index in [0.717, 1.165) is 45.4 Å². The van der Waals surface area contributed by atoms with E-state index < -0.39 is 0 Å². The van der Waals surface area contributed by atoms with Gasteiger partial charge in [-0.3, -0.25) is 14.7 Å². The molecule has 3 N–H and O–H groups in total. The Morgan fingerprint density at radius 2 is 2.00 bits per heavy atom. The van der Waals surface area contributed by atoms with Crippen molar-refractivity contribution in [1.82, 2.24) is 20.9 Å². The molecule has 1 aliphatic rings. The molecule has 0 atom stereocenters. The maximum atomic E-state index is 13.1. The van der Waals surface area contributed by atoms with Crippen molar-refractivity contribution in [1.29, 1.82) is 0 Å². The van der Waals surface area contributed by atoms with Crippen LogP contribution in [0.4, 0.5) is 4.39 Å². The summed E-state index contributed by atoms with van der Waals surface area (Å²) in [6, 6.07) is 6.09. The van der Waals surface area contributed by atoms with Gasteiger partial charge in [-0.05, 0) is 24.6 Å². The normalized spacial score (nSPS) is 15.4. The molecule has 150 valence electrons. The average molecular weight is 379 g/mol. The molecule has 0 spiro atoms. The summed E-state index contributed by atoms with van der Waals surface area (Å²) in [6.45, 7) is 8.93. The van der Waals surface area contributed by atoms with E-state index in [1.807, 2.05) is 6.92 Å². The highest BCUT2D eigenvalue weighted by Gasteiger charge is 2.09. The first-order valence-corrected chi connectivity index (χ1v) is 9.51. The third-order valence-corrected chi connectivity index (χ3v) is 4.13. The van der Waals surface area contributed by atoms with Crippen LogP contribution in [0.5, 0.6) is 0 Å². The standard InChI is InChI=1S/C19H30FN5O2/c1-2-21-19(24-8-9-25-10-12-27-13-11-25)23-7-6-22-18(26)15-16-4-3-5-17(20)14-16/h3-5,14H,2,6-13,15H2,1H3,(H,22,26)(H2,21,23,24). The molecule has 7 nitrogen and oxygen atoms in total. The largest absolute Gasteiger partial charge is 0.379 e. The van der Waals surface area contributed by atoms with Crippen molar-refractivity contribution in [3.05, 3.63) is 35.6 Å². The number of rotatable bonds is 9. The monoisotopic (exact) mass is 379 g/mol. The number of ether oxygens (including phenoxy) is 1. The van der Waals surface area contributed by atoms with E-state index in [4.69, 9.17) is 4.74 Å². The van der Waals surface area contributed by atoms with E-state index >= 15 is 0 Å². The Kier molecular flexibility index (Phi) is 9.57. The zero-order valence-electron chi connectivity index (χ0n) is 16.0. The Labute approximate surface area is 160 Å². The van der Waals surface area contributed by atoms with Crippen LogP contribution < -0.4 is 16.0 Å². The van der Waals surface area contributed by atoms with Gasteiger partial charge in [-0.1, -0.05) is 12.1 Å². The highest BCUT2D eigenvalue weighted by molar-refractivity contribution is 5.80. The van der Waals surface area contributed by atoms with E-state index in [9.17, 15) is 9.18 Å². The number of guanidine groups is 1. The Bertz CT molecular complexity index is 606. The molecule has 1 aromatic carbocycles. The molecule has 0 unspecified atom stereocenters. The molecule has 0 bridgehead atoms. The van der Waals surface area contributed by atoms with Crippen molar-refractivity contribution in [3.63, 3.8) is 0 Å². The van der Waals surface area contributed by atoms with E-state index in [0.29, 0.717) is 25.2 Å². The quantitative estimate of drug-likeness (QED) is 0.328. The van der Waals surface area contributed by atoms with Gasteiger partial charge in [0, 0.05) is 39.3 Å². The van der Waals surface area contributed by atoms with Gasteiger partial charge in [0.05, 0.1) is 26.2 Å². The van der Waals surface area contributed by atoms with Crippen LogP contribution in [0, 0.1) is 5.82 Å². The highest BCUT2D eigenvalue weighted by Crippen LogP contribution is 2.03. The molecule has 1 fully saturated rings. The number of carbonyl (C=O) groups is 1. The number of halogens is 1. The first-order valence-electron chi connectivity index (χ1n) is 9.51. The minimum absolute atomic E-state index is 0.128. The van der Waals surface area contributed by atoms with E-state index in [1.54, 1.807) is 12.1 Å². The zero-order chi connectivity index (χ0) is 19.3. The van der Waals surface area contributed by atoms with Crippen LogP contribution in [0.15, 0.2) is 29.3 Å². The lowest BCUT2D eigenvalue weighted by Crippen LogP contribution is -2.42. The first kappa shape index (κ1) is 21.1. The Morgan fingerprint density at radius 1 is 1.22 bits per heavy atom. The number of hydrogen-bond donors (Lipinski definition) is 3. The molecule has 0 aromatic heterocycles. The fourth-order valence-corrected chi connectivity index (χ4v) is 2.75. The summed E-state index contributed by atoms with van der Waals surface area (Å²) in [4.78, 5) is 18.8. The van der Waals surface area contributed by atoms with Crippen LogP contribution >= 0.6 is 0 Å². The van der Waals surface area contributed by atoms with Crippen molar-refractivity contribution < 1.29 is 13.9 Å². The SMILES string of the molecule is CCNC(=NCCN1CCOCC1)NCCNC(=O)Cc1cccc(F)c1. The maximum Gasteiger partial charge on any atom is 0.224 e. The number of aliphatic imine (C=N–C) groups is 1. The van der Waals surface area contributed by atoms with E-state index in [-0.39, 0.29) is 18.1 Å². The fraction of sp³-hybridized carbons (Fsp3) is 0.579. The van der Waals surface area contributed by atoms with Crippen LogP contribution in [0.2, 0.25) is 0 Å². The molecular formula is C19H30FN5O2. The van der Waals surface area contributed by atoms with Crippen LogP contribution in [0.1, 0.15) is 12.5 Å². The number of morpholine rings is 1. The summed E-state index contributed by atoms with van der Waals surface area (Å²) < 4.78 is 18.5. The average Bonchev–Trinajstić information content (AvgIpc) is 2.66. The third-order valence-electron chi connectivity index (χ3n) is 4.13. The van der Waals surface area contributed by atoms with Crippen LogP contribution in [-0.2, 0) is 16.0 Å². The highest BCUT2D eigenvalue weighted by atomic mass is 19.1. The molecule has 1 heterocycles. The van der Waals surface area contributed by atoms with Gasteiger partial charge in [0.1, 0.15) is 5.82 Å². The van der Waals surface area contributed by atoms with Gasteiger partial charge >= 0.3 is 0 Å². The summed E-state index contributed by atoms with van der Waals surface area (Å²) in [5, 5.41) is 9.23. The lowest BCUT2D eigenvalue weighted by atomic mass is 10.1. The number of carbonyl (C=O) groups excluding carboxylic acids is 1. The predicted octanol–water partition coefficient (Wildman–Crippen LogP) is 0.372. The smallest absolute Gasteiger partial charge is 0.224 e. The van der Waals surface area contributed by atoms with Gasteiger partial charge in [0.15, 0.2) is 5.96 Å². The molecule has 0 radical (unpaired) electrons. The second-order valence-corrected chi connectivity index (χ2v) is 6.30. The van der Waals surface area contributed by atoms with Gasteiger partial charge in [0.25, 0.3) is 0 Å². The second kappa shape index (κ2) is 12.2. The lowest BCUT2D eigenvalue weighted by Gasteiger charge is -2.25. The van der Waals surface area contributed by atoms with Crippen molar-refractivity contribution >= 4 is 11.9 Å². The maximum absolute atomic E-state index is 13.1. The first-order chi connectivity index (χ1) is 13.2. The number of amides is 1. The molecule has 2 rings (SSSR count). The molecule has 27 heavy (non-hydrogen) atoms. The molecule has 1 aliphatic heterocycles. The third kappa shape index (κ3) is 8.83. The molecule has 1 aromatic rings. The van der Waals surface area contributed by atoms with E-state index in [1.165, 1.54) is 12.1 Å². The second-order valence-electron chi connectivity index (χ2n) is 6.30. The summed E-state index contributed by atoms with van der Waals surface area (Å²) in [5.41, 5.74) is 0.665. The molecule has 0 aliphatic carbocycles. The van der Waals surface area contributed by atoms with Crippen molar-refractivity contribution in [2.45, 2.75) is 13.3 Å². The molecule has 8 heteroatoms. The van der Waals surface area contributed by atoms with Gasteiger partial charge in [0.2, 0.25) is 5.91 Å². The molecule has 1 amide bonds. The van der Waals surface area contributed by atoms with Gasteiger partial charge in [-0.15, -0.1) is 0 Å². The van der Waals surface area contributed by atoms with Crippen LogP contribution in [0.25, 0.3) is 0 Å². The molecule has 1 saturated heterocycles. The van der Waals surface area contributed by atoms with Crippen LogP contribution in [0.3, 0.4) is 0 Å². The lowest BCUT2D eigenvalue weighted by molar-refractivity contribution is -0.120. The van der Waals surface area contributed by atoms with Gasteiger partial charge < -0.3 is 20.7 Å². The Balaban J connectivity index is 1.64.